The highest BCUT2D eigenvalue weighted by Gasteiger charge is 2.49. The second-order valence-electron chi connectivity index (χ2n) is 6.84. The SMILES string of the molecule is CC12CCc3c(cc(O)c4cc(O)ccc34)C1CCC2O. The molecule has 0 amide bonds. The molecule has 4 rings (SSSR count). The van der Waals surface area contributed by atoms with Crippen molar-refractivity contribution in [3.8, 4) is 11.5 Å². The summed E-state index contributed by atoms with van der Waals surface area (Å²) < 4.78 is 0. The van der Waals surface area contributed by atoms with Crippen LogP contribution in [0.4, 0.5) is 0 Å². The van der Waals surface area contributed by atoms with E-state index in [1.807, 2.05) is 12.1 Å². The number of benzene rings is 2. The molecular weight excluding hydrogens is 264 g/mol. The summed E-state index contributed by atoms with van der Waals surface area (Å²) >= 11 is 0. The van der Waals surface area contributed by atoms with Crippen LogP contribution in [-0.2, 0) is 6.42 Å². The number of rotatable bonds is 0. The lowest BCUT2D eigenvalue weighted by Crippen LogP contribution is -2.35. The lowest BCUT2D eigenvalue weighted by Gasteiger charge is -2.40. The first-order valence-electron chi connectivity index (χ1n) is 7.66. The molecule has 0 bridgehead atoms. The Balaban J connectivity index is 1.98. The number of aryl methyl sites for hydroxylation is 1. The fourth-order valence-corrected chi connectivity index (χ4v) is 4.53. The molecule has 0 saturated heterocycles. The Bertz CT molecular complexity index is 737. The minimum Gasteiger partial charge on any atom is -0.508 e. The fourth-order valence-electron chi connectivity index (χ4n) is 4.53. The van der Waals surface area contributed by atoms with Crippen molar-refractivity contribution in [3.63, 3.8) is 0 Å². The standard InChI is InChI=1S/C18H20O3/c1-18-7-6-12-11-3-2-10(19)8-14(11)16(20)9-13(12)15(18)4-5-17(18)21/h2-3,8-9,15,17,19-21H,4-7H2,1H3. The molecule has 0 aliphatic heterocycles. The van der Waals surface area contributed by atoms with E-state index >= 15 is 0 Å². The molecule has 0 aromatic heterocycles. The van der Waals surface area contributed by atoms with E-state index in [1.165, 1.54) is 11.1 Å². The Morgan fingerprint density at radius 1 is 1.10 bits per heavy atom. The summed E-state index contributed by atoms with van der Waals surface area (Å²) in [7, 11) is 0. The van der Waals surface area contributed by atoms with Crippen LogP contribution in [0.3, 0.4) is 0 Å². The Morgan fingerprint density at radius 3 is 2.71 bits per heavy atom. The summed E-state index contributed by atoms with van der Waals surface area (Å²) in [5.41, 5.74) is 2.40. The van der Waals surface area contributed by atoms with Crippen molar-refractivity contribution in [3.05, 3.63) is 35.4 Å². The van der Waals surface area contributed by atoms with E-state index < -0.39 is 0 Å². The topological polar surface area (TPSA) is 60.7 Å². The van der Waals surface area contributed by atoms with Crippen molar-refractivity contribution in [2.75, 3.05) is 0 Å². The minimum atomic E-state index is -0.242. The van der Waals surface area contributed by atoms with Crippen LogP contribution in [0.15, 0.2) is 24.3 Å². The Labute approximate surface area is 123 Å². The van der Waals surface area contributed by atoms with Crippen molar-refractivity contribution < 1.29 is 15.3 Å². The smallest absolute Gasteiger partial charge is 0.123 e. The number of phenolic OH excluding ortho intramolecular Hbond substituents is 2. The van der Waals surface area contributed by atoms with Crippen LogP contribution in [0, 0.1) is 5.41 Å². The maximum absolute atomic E-state index is 10.3. The number of fused-ring (bicyclic) bond motifs is 5. The van der Waals surface area contributed by atoms with Gasteiger partial charge in [-0.3, -0.25) is 0 Å². The average Bonchev–Trinajstić information content (AvgIpc) is 2.76. The molecule has 3 N–H and O–H groups in total. The third-order valence-corrected chi connectivity index (χ3v) is 5.82. The van der Waals surface area contributed by atoms with E-state index in [1.54, 1.807) is 12.1 Å². The monoisotopic (exact) mass is 284 g/mol. The summed E-state index contributed by atoms with van der Waals surface area (Å²) in [5.74, 6) is 0.723. The van der Waals surface area contributed by atoms with Crippen LogP contribution in [0.2, 0.25) is 0 Å². The van der Waals surface area contributed by atoms with Gasteiger partial charge in [0.2, 0.25) is 0 Å². The molecule has 1 fully saturated rings. The van der Waals surface area contributed by atoms with Crippen LogP contribution in [0.5, 0.6) is 11.5 Å². The summed E-state index contributed by atoms with van der Waals surface area (Å²) in [4.78, 5) is 0. The molecule has 3 unspecified atom stereocenters. The molecule has 2 aliphatic rings. The molecule has 1 saturated carbocycles. The summed E-state index contributed by atoms with van der Waals surface area (Å²) in [5, 5.41) is 32.1. The van der Waals surface area contributed by atoms with Gasteiger partial charge in [0, 0.05) is 10.8 Å². The van der Waals surface area contributed by atoms with E-state index in [4.69, 9.17) is 0 Å². The summed E-state index contributed by atoms with van der Waals surface area (Å²) in [6.45, 7) is 2.18. The van der Waals surface area contributed by atoms with Crippen molar-refractivity contribution in [1.29, 1.82) is 0 Å². The maximum atomic E-state index is 10.3. The number of hydrogen-bond donors (Lipinski definition) is 3. The Kier molecular flexibility index (Phi) is 2.55. The minimum absolute atomic E-state index is 0.0654. The number of phenols is 2. The highest BCUT2D eigenvalue weighted by Crippen LogP contribution is 2.57. The number of aliphatic hydroxyl groups excluding tert-OH is 1. The van der Waals surface area contributed by atoms with Crippen LogP contribution in [-0.4, -0.2) is 21.4 Å². The van der Waals surface area contributed by atoms with Gasteiger partial charge in [-0.2, -0.15) is 0 Å². The fraction of sp³-hybridized carbons (Fsp3) is 0.444. The molecule has 3 atom stereocenters. The zero-order valence-corrected chi connectivity index (χ0v) is 12.1. The Morgan fingerprint density at radius 2 is 1.90 bits per heavy atom. The zero-order valence-electron chi connectivity index (χ0n) is 12.1. The molecule has 3 nitrogen and oxygen atoms in total. The highest BCUT2D eigenvalue weighted by atomic mass is 16.3. The molecule has 0 radical (unpaired) electrons. The molecular formula is C18H20O3. The Hall–Kier alpha value is -1.74. The largest absolute Gasteiger partial charge is 0.508 e. The zero-order chi connectivity index (χ0) is 14.8. The third-order valence-electron chi connectivity index (χ3n) is 5.82. The van der Waals surface area contributed by atoms with Gasteiger partial charge in [-0.05, 0) is 66.3 Å². The normalized spacial score (nSPS) is 31.1. The van der Waals surface area contributed by atoms with Gasteiger partial charge in [0.05, 0.1) is 6.10 Å². The van der Waals surface area contributed by atoms with E-state index in [-0.39, 0.29) is 23.0 Å². The second-order valence-corrected chi connectivity index (χ2v) is 6.84. The first-order valence-corrected chi connectivity index (χ1v) is 7.66. The molecule has 2 aromatic carbocycles. The lowest BCUT2D eigenvalue weighted by molar-refractivity contribution is 0.0458. The molecule has 110 valence electrons. The number of aromatic hydroxyl groups is 2. The van der Waals surface area contributed by atoms with Crippen LogP contribution in [0.25, 0.3) is 10.8 Å². The molecule has 3 heteroatoms. The third kappa shape index (κ3) is 1.64. The van der Waals surface area contributed by atoms with Crippen molar-refractivity contribution >= 4 is 10.8 Å². The van der Waals surface area contributed by atoms with E-state index in [9.17, 15) is 15.3 Å². The van der Waals surface area contributed by atoms with Gasteiger partial charge in [-0.25, -0.2) is 0 Å². The van der Waals surface area contributed by atoms with Crippen molar-refractivity contribution in [2.24, 2.45) is 5.41 Å². The molecule has 0 heterocycles. The van der Waals surface area contributed by atoms with Gasteiger partial charge in [0.15, 0.2) is 0 Å². The maximum Gasteiger partial charge on any atom is 0.123 e. The highest BCUT2D eigenvalue weighted by molar-refractivity contribution is 5.93. The van der Waals surface area contributed by atoms with Crippen LogP contribution in [0.1, 0.15) is 43.2 Å². The quantitative estimate of drug-likeness (QED) is 0.694. The predicted molar refractivity (Wildman–Crippen MR) is 81.7 cm³/mol. The van der Waals surface area contributed by atoms with Gasteiger partial charge in [-0.15, -0.1) is 0 Å². The van der Waals surface area contributed by atoms with E-state index in [0.717, 1.165) is 36.5 Å². The number of aliphatic hydroxyl groups is 1. The second kappa shape index (κ2) is 4.14. The van der Waals surface area contributed by atoms with Gasteiger partial charge in [0.25, 0.3) is 0 Å². The van der Waals surface area contributed by atoms with Gasteiger partial charge in [-0.1, -0.05) is 13.0 Å². The first kappa shape index (κ1) is 13.0. The van der Waals surface area contributed by atoms with Crippen LogP contribution >= 0.6 is 0 Å². The van der Waals surface area contributed by atoms with Gasteiger partial charge in [0.1, 0.15) is 11.5 Å². The van der Waals surface area contributed by atoms with Crippen molar-refractivity contribution in [1.82, 2.24) is 0 Å². The van der Waals surface area contributed by atoms with E-state index in [2.05, 4.69) is 6.92 Å². The molecule has 2 aromatic rings. The molecule has 2 aliphatic carbocycles. The first-order chi connectivity index (χ1) is 10.0. The molecule has 21 heavy (non-hydrogen) atoms. The predicted octanol–water partition coefficient (Wildman–Crippen LogP) is 3.44. The molecule has 0 spiro atoms. The van der Waals surface area contributed by atoms with Crippen LogP contribution < -0.4 is 0 Å². The number of hydrogen-bond acceptors (Lipinski definition) is 3. The average molecular weight is 284 g/mol. The van der Waals surface area contributed by atoms with Crippen molar-refractivity contribution in [2.45, 2.75) is 44.6 Å². The van der Waals surface area contributed by atoms with Gasteiger partial charge < -0.3 is 15.3 Å². The summed E-state index contributed by atoms with van der Waals surface area (Å²) in [6, 6.07) is 7.07. The summed E-state index contributed by atoms with van der Waals surface area (Å²) in [6.07, 6.45) is 3.48. The van der Waals surface area contributed by atoms with E-state index in [0.29, 0.717) is 5.92 Å². The lowest BCUT2D eigenvalue weighted by atomic mass is 9.65. The van der Waals surface area contributed by atoms with Gasteiger partial charge >= 0.3 is 0 Å².